The molecular weight excluding hydrogens is 454 g/mol. The Morgan fingerprint density at radius 1 is 1.11 bits per heavy atom. The summed E-state index contributed by atoms with van der Waals surface area (Å²) in [6.45, 7) is 3.12. The molecule has 2 heterocycles. The molecule has 2 saturated carbocycles. The first-order chi connectivity index (χ1) is 17.4. The molecule has 7 heteroatoms. The molecule has 36 heavy (non-hydrogen) atoms. The maximum absolute atomic E-state index is 11.8. The number of nitrogens with one attached hydrogen (secondary N) is 1. The minimum Gasteiger partial charge on any atom is -0.491 e. The quantitative estimate of drug-likeness (QED) is 0.486. The van der Waals surface area contributed by atoms with E-state index < -0.39 is 11.4 Å². The number of nitrogens with zero attached hydrogens (tertiary/aromatic N) is 2. The fraction of sp³-hybridized carbons (Fsp3) is 0.552. The molecule has 0 radical (unpaired) electrons. The number of benzene rings is 1. The molecule has 5 rings (SSSR count). The van der Waals surface area contributed by atoms with E-state index in [-0.39, 0.29) is 11.3 Å². The third kappa shape index (κ3) is 5.56. The molecule has 192 valence electrons. The molecule has 3 aliphatic rings. The zero-order chi connectivity index (χ0) is 25.2. The zero-order valence-corrected chi connectivity index (χ0v) is 21.1. The molecule has 0 bridgehead atoms. The Hall–Kier alpha value is -2.93. The summed E-state index contributed by atoms with van der Waals surface area (Å²) in [6.07, 6.45) is 8.81. The van der Waals surface area contributed by atoms with Crippen molar-refractivity contribution in [2.75, 3.05) is 33.3 Å². The van der Waals surface area contributed by atoms with Gasteiger partial charge in [0.25, 0.3) is 5.91 Å². The van der Waals surface area contributed by atoms with Gasteiger partial charge in [-0.1, -0.05) is 30.3 Å². The number of amides is 1. The van der Waals surface area contributed by atoms with Gasteiger partial charge in [-0.3, -0.25) is 9.59 Å². The lowest BCUT2D eigenvalue weighted by Crippen LogP contribution is -2.46. The van der Waals surface area contributed by atoms with Crippen LogP contribution in [-0.2, 0) is 4.79 Å². The predicted octanol–water partition coefficient (Wildman–Crippen LogP) is 4.35. The molecule has 3 fully saturated rings. The SMILES string of the molecule is CNC(=O)c1ccc(OCC2(CC[C@@H]3CC3c3ccccc3)CCN(CC3(C(=O)O)CC3)CC2)cn1. The van der Waals surface area contributed by atoms with Crippen LogP contribution in [0.25, 0.3) is 0 Å². The summed E-state index contributed by atoms with van der Waals surface area (Å²) < 4.78 is 6.26. The topological polar surface area (TPSA) is 91.8 Å². The van der Waals surface area contributed by atoms with Crippen molar-refractivity contribution in [2.45, 2.75) is 50.9 Å². The van der Waals surface area contributed by atoms with Crippen molar-refractivity contribution in [3.63, 3.8) is 0 Å². The van der Waals surface area contributed by atoms with E-state index in [1.807, 2.05) is 6.07 Å². The Morgan fingerprint density at radius 3 is 2.47 bits per heavy atom. The van der Waals surface area contributed by atoms with Crippen LogP contribution in [0.1, 0.15) is 66.9 Å². The minimum atomic E-state index is -0.643. The van der Waals surface area contributed by atoms with Crippen molar-refractivity contribution in [1.82, 2.24) is 15.2 Å². The highest BCUT2D eigenvalue weighted by atomic mass is 16.5. The van der Waals surface area contributed by atoms with Gasteiger partial charge in [-0.15, -0.1) is 0 Å². The van der Waals surface area contributed by atoms with Crippen molar-refractivity contribution in [3.05, 3.63) is 59.9 Å². The normalized spacial score (nSPS) is 24.0. The Labute approximate surface area is 213 Å². The largest absolute Gasteiger partial charge is 0.491 e. The van der Waals surface area contributed by atoms with Gasteiger partial charge < -0.3 is 20.1 Å². The second-order valence-electron chi connectivity index (χ2n) is 11.2. The van der Waals surface area contributed by atoms with Gasteiger partial charge >= 0.3 is 5.97 Å². The Morgan fingerprint density at radius 2 is 1.86 bits per heavy atom. The second-order valence-corrected chi connectivity index (χ2v) is 11.2. The standard InChI is InChI=1S/C29H37N3O4/c1-30-26(33)25-8-7-23(18-31-25)36-20-28(10-9-22-17-24(22)21-5-3-2-4-6-21)13-15-32(16-14-28)19-29(11-12-29)27(34)35/h2-8,18,22,24H,9-17,19-20H2,1H3,(H,30,33)(H,34,35)/t22-,24?/m1/s1. The number of carboxylic acid groups (broad SMARTS) is 1. The van der Waals surface area contributed by atoms with Gasteiger partial charge in [-0.2, -0.15) is 0 Å². The van der Waals surface area contributed by atoms with Crippen LogP contribution in [-0.4, -0.2) is 60.2 Å². The first-order valence-electron chi connectivity index (χ1n) is 13.2. The van der Waals surface area contributed by atoms with Crippen LogP contribution < -0.4 is 10.1 Å². The van der Waals surface area contributed by atoms with Crippen LogP contribution in [0, 0.1) is 16.7 Å². The summed E-state index contributed by atoms with van der Waals surface area (Å²) in [4.78, 5) is 30.1. The third-order valence-electron chi connectivity index (χ3n) is 8.69. The van der Waals surface area contributed by atoms with E-state index in [0.29, 0.717) is 30.5 Å². The number of hydrogen-bond donors (Lipinski definition) is 2. The molecule has 2 atom stereocenters. The van der Waals surface area contributed by atoms with Crippen molar-refractivity contribution < 1.29 is 19.4 Å². The van der Waals surface area contributed by atoms with Crippen LogP contribution in [0.4, 0.5) is 0 Å². The summed E-state index contributed by atoms with van der Waals surface area (Å²) in [5.74, 6) is 1.24. The van der Waals surface area contributed by atoms with Crippen LogP contribution in [0.15, 0.2) is 48.7 Å². The van der Waals surface area contributed by atoms with Gasteiger partial charge in [0, 0.05) is 19.0 Å². The molecule has 1 saturated heterocycles. The molecule has 1 unspecified atom stereocenters. The molecule has 2 N–H and O–H groups in total. The fourth-order valence-electron chi connectivity index (χ4n) is 5.80. The van der Waals surface area contributed by atoms with E-state index in [1.165, 1.54) is 18.4 Å². The third-order valence-corrected chi connectivity index (χ3v) is 8.69. The first-order valence-corrected chi connectivity index (χ1v) is 13.2. The van der Waals surface area contributed by atoms with E-state index >= 15 is 0 Å². The zero-order valence-electron chi connectivity index (χ0n) is 21.1. The first kappa shape index (κ1) is 24.8. The highest BCUT2D eigenvalue weighted by Crippen LogP contribution is 2.53. The number of carboxylic acids is 1. The summed E-state index contributed by atoms with van der Waals surface area (Å²) in [6, 6.07) is 14.3. The summed E-state index contributed by atoms with van der Waals surface area (Å²) in [5.41, 5.74) is 1.39. The molecule has 0 spiro atoms. The van der Waals surface area contributed by atoms with Crippen LogP contribution in [0.3, 0.4) is 0 Å². The van der Waals surface area contributed by atoms with Gasteiger partial charge in [0.1, 0.15) is 11.4 Å². The minimum absolute atomic E-state index is 0.0692. The molecule has 1 amide bonds. The van der Waals surface area contributed by atoms with Crippen LogP contribution in [0.5, 0.6) is 5.75 Å². The van der Waals surface area contributed by atoms with E-state index in [1.54, 1.807) is 19.3 Å². The Balaban J connectivity index is 1.21. The van der Waals surface area contributed by atoms with Crippen molar-refractivity contribution in [2.24, 2.45) is 16.7 Å². The van der Waals surface area contributed by atoms with Gasteiger partial charge in [-0.05, 0) is 87.6 Å². The van der Waals surface area contributed by atoms with Crippen LogP contribution in [0.2, 0.25) is 0 Å². The number of pyridine rings is 1. The maximum atomic E-state index is 11.8. The second kappa shape index (κ2) is 10.2. The average Bonchev–Trinajstić information content (AvgIpc) is 3.84. The number of aliphatic carboxylic acids is 1. The van der Waals surface area contributed by atoms with Gasteiger partial charge in [0.2, 0.25) is 0 Å². The number of rotatable bonds is 11. The van der Waals surface area contributed by atoms with E-state index in [0.717, 1.165) is 51.1 Å². The van der Waals surface area contributed by atoms with Crippen molar-refractivity contribution in [3.8, 4) is 5.75 Å². The number of carbonyl (C=O) groups excluding carboxylic acids is 1. The van der Waals surface area contributed by atoms with Crippen molar-refractivity contribution >= 4 is 11.9 Å². The number of aromatic nitrogens is 1. The highest BCUT2D eigenvalue weighted by molar-refractivity contribution is 5.91. The summed E-state index contributed by atoms with van der Waals surface area (Å²) in [5, 5.41) is 12.2. The number of hydrogen-bond acceptors (Lipinski definition) is 5. The average molecular weight is 492 g/mol. The van der Waals surface area contributed by atoms with Crippen LogP contribution >= 0.6 is 0 Å². The predicted molar refractivity (Wildman–Crippen MR) is 137 cm³/mol. The number of likely N-dealkylation sites (tertiary alicyclic amines) is 1. The van der Waals surface area contributed by atoms with Crippen molar-refractivity contribution in [1.29, 1.82) is 0 Å². The highest BCUT2D eigenvalue weighted by Gasteiger charge is 2.52. The lowest BCUT2D eigenvalue weighted by atomic mass is 9.74. The molecule has 7 nitrogen and oxygen atoms in total. The van der Waals surface area contributed by atoms with E-state index in [4.69, 9.17) is 4.74 Å². The Bertz CT molecular complexity index is 1060. The molecule has 1 aromatic heterocycles. The number of ether oxygens (including phenoxy) is 1. The fourth-order valence-corrected chi connectivity index (χ4v) is 5.80. The summed E-state index contributed by atoms with van der Waals surface area (Å²) in [7, 11) is 1.59. The lowest BCUT2D eigenvalue weighted by Gasteiger charge is -2.42. The molecule has 1 aromatic carbocycles. The van der Waals surface area contributed by atoms with E-state index in [9.17, 15) is 14.7 Å². The van der Waals surface area contributed by atoms with E-state index in [2.05, 4.69) is 45.5 Å². The number of carbonyl (C=O) groups is 2. The lowest BCUT2D eigenvalue weighted by molar-refractivity contribution is -0.144. The van der Waals surface area contributed by atoms with Gasteiger partial charge in [0.15, 0.2) is 0 Å². The Kier molecular flexibility index (Phi) is 7.02. The molecular formula is C29H37N3O4. The number of piperidine rings is 1. The van der Waals surface area contributed by atoms with Gasteiger partial charge in [-0.25, -0.2) is 4.98 Å². The maximum Gasteiger partial charge on any atom is 0.310 e. The smallest absolute Gasteiger partial charge is 0.310 e. The monoisotopic (exact) mass is 491 g/mol. The molecule has 2 aliphatic carbocycles. The molecule has 1 aliphatic heterocycles. The molecule has 2 aromatic rings. The summed E-state index contributed by atoms with van der Waals surface area (Å²) >= 11 is 0. The van der Waals surface area contributed by atoms with Gasteiger partial charge in [0.05, 0.1) is 18.2 Å².